The van der Waals surface area contributed by atoms with Crippen LogP contribution in [0, 0.1) is 11.3 Å². The topological polar surface area (TPSA) is 40.9 Å². The molecule has 0 saturated carbocycles. The van der Waals surface area contributed by atoms with Crippen molar-refractivity contribution in [3.8, 4) is 6.07 Å². The van der Waals surface area contributed by atoms with Crippen LogP contribution >= 0.6 is 0 Å². The lowest BCUT2D eigenvalue weighted by Crippen LogP contribution is -2.19. The Morgan fingerprint density at radius 3 is 1.94 bits per heavy atom. The van der Waals surface area contributed by atoms with E-state index in [-0.39, 0.29) is 12.4 Å². The molecule has 0 aromatic heterocycles. The number of nitrogens with zero attached hydrogens (tertiary/aromatic N) is 1. The average molecular weight is 267 g/mol. The van der Waals surface area contributed by atoms with Gasteiger partial charge in [0.2, 0.25) is 0 Å². The molecule has 1 rings (SSSR count). The molecule has 1 aromatic rings. The molecule has 0 fully saturated rings. The summed E-state index contributed by atoms with van der Waals surface area (Å²) in [5.74, 6) is 0. The minimum atomic E-state index is -5.34. The summed E-state index contributed by atoms with van der Waals surface area (Å²) < 4.78 is 75.0. The number of hydrogen-bond donors (Lipinski definition) is 0. The van der Waals surface area contributed by atoms with Gasteiger partial charge in [-0.1, -0.05) is 0 Å². The Hall–Kier alpha value is -2.04. The van der Waals surface area contributed by atoms with Crippen molar-refractivity contribution in [3.05, 3.63) is 34.4 Å². The van der Waals surface area contributed by atoms with Crippen molar-refractivity contribution in [2.45, 2.75) is 12.4 Å². The Morgan fingerprint density at radius 2 is 1.61 bits per heavy atom. The van der Waals surface area contributed by atoms with Gasteiger partial charge in [-0.05, 0) is 12.1 Å². The van der Waals surface area contributed by atoms with Gasteiger partial charge in [-0.2, -0.15) is 31.6 Å². The number of alkyl halides is 6. The molecule has 8 heteroatoms. The maximum Gasteiger partial charge on any atom is 0.417 e. The summed E-state index contributed by atoms with van der Waals surface area (Å²) in [5, 5.41) is 8.43. The van der Waals surface area contributed by atoms with Crippen LogP contribution in [0.25, 0.3) is 0 Å². The van der Waals surface area contributed by atoms with Crippen LogP contribution in [-0.4, -0.2) is 6.29 Å². The van der Waals surface area contributed by atoms with E-state index in [0.29, 0.717) is 6.07 Å². The lowest BCUT2D eigenvalue weighted by Gasteiger charge is -2.17. The van der Waals surface area contributed by atoms with Crippen LogP contribution in [0.3, 0.4) is 0 Å². The van der Waals surface area contributed by atoms with Crippen molar-refractivity contribution >= 4 is 6.29 Å². The summed E-state index contributed by atoms with van der Waals surface area (Å²) in [4.78, 5) is 10.4. The first kappa shape index (κ1) is 14.0. The SMILES string of the molecule is N#Cc1cc(C=O)c(C(F)(F)F)c(C(F)(F)F)c1. The highest BCUT2D eigenvalue weighted by atomic mass is 19.4. The summed E-state index contributed by atoms with van der Waals surface area (Å²) in [6, 6.07) is 1.80. The number of aldehydes is 1. The Labute approximate surface area is 96.4 Å². The third-order valence-corrected chi connectivity index (χ3v) is 2.01. The highest BCUT2D eigenvalue weighted by Gasteiger charge is 2.45. The second-order valence-electron chi connectivity index (χ2n) is 3.21. The van der Waals surface area contributed by atoms with E-state index in [9.17, 15) is 31.1 Å². The van der Waals surface area contributed by atoms with E-state index in [1.807, 2.05) is 0 Å². The second-order valence-corrected chi connectivity index (χ2v) is 3.21. The van der Waals surface area contributed by atoms with E-state index in [2.05, 4.69) is 0 Å². The molecule has 0 saturated heterocycles. The quantitative estimate of drug-likeness (QED) is 0.578. The van der Waals surface area contributed by atoms with Gasteiger partial charge in [-0.15, -0.1) is 0 Å². The fraction of sp³-hybridized carbons (Fsp3) is 0.200. The minimum Gasteiger partial charge on any atom is -0.298 e. The van der Waals surface area contributed by atoms with Crippen LogP contribution in [0.1, 0.15) is 27.0 Å². The zero-order chi connectivity index (χ0) is 14.1. The summed E-state index contributed by atoms with van der Waals surface area (Å²) in [6.07, 6.45) is -11.0. The summed E-state index contributed by atoms with van der Waals surface area (Å²) in [6.45, 7) is 0. The van der Waals surface area contributed by atoms with E-state index in [1.165, 1.54) is 6.07 Å². The third-order valence-electron chi connectivity index (χ3n) is 2.01. The molecule has 2 nitrogen and oxygen atoms in total. The molecule has 0 aliphatic rings. The smallest absolute Gasteiger partial charge is 0.298 e. The summed E-state index contributed by atoms with van der Waals surface area (Å²) in [7, 11) is 0. The number of carbonyl (C=O) groups excluding carboxylic acids is 1. The molecule has 0 atom stereocenters. The molecule has 0 heterocycles. The summed E-state index contributed by atoms with van der Waals surface area (Å²) >= 11 is 0. The van der Waals surface area contributed by atoms with Crippen LogP contribution in [0.5, 0.6) is 0 Å². The molecule has 0 amide bonds. The Morgan fingerprint density at radius 1 is 1.06 bits per heavy atom. The van der Waals surface area contributed by atoms with Crippen molar-refractivity contribution in [2.24, 2.45) is 0 Å². The Kier molecular flexibility index (Phi) is 3.37. The van der Waals surface area contributed by atoms with E-state index < -0.39 is 34.6 Å². The van der Waals surface area contributed by atoms with Gasteiger partial charge in [-0.25, -0.2) is 0 Å². The first-order chi connectivity index (χ1) is 8.11. The molecule has 1 aromatic carbocycles. The fourth-order valence-electron chi connectivity index (χ4n) is 1.36. The largest absolute Gasteiger partial charge is 0.417 e. The zero-order valence-corrected chi connectivity index (χ0v) is 8.36. The zero-order valence-electron chi connectivity index (χ0n) is 8.36. The predicted octanol–water partition coefficient (Wildman–Crippen LogP) is 3.41. The van der Waals surface area contributed by atoms with E-state index in [1.54, 1.807) is 0 Å². The maximum absolute atomic E-state index is 12.5. The number of benzene rings is 1. The van der Waals surface area contributed by atoms with Gasteiger partial charge in [0, 0.05) is 5.56 Å². The molecule has 96 valence electrons. The molecule has 0 unspecified atom stereocenters. The van der Waals surface area contributed by atoms with Gasteiger partial charge in [-0.3, -0.25) is 4.79 Å². The van der Waals surface area contributed by atoms with E-state index in [4.69, 9.17) is 5.26 Å². The van der Waals surface area contributed by atoms with Gasteiger partial charge < -0.3 is 0 Å². The average Bonchev–Trinajstić information content (AvgIpc) is 2.24. The normalized spacial score (nSPS) is 12.1. The Balaban J connectivity index is 3.76. The highest BCUT2D eigenvalue weighted by Crippen LogP contribution is 2.42. The van der Waals surface area contributed by atoms with Crippen molar-refractivity contribution in [3.63, 3.8) is 0 Å². The van der Waals surface area contributed by atoms with E-state index >= 15 is 0 Å². The maximum atomic E-state index is 12.5. The van der Waals surface area contributed by atoms with Gasteiger partial charge >= 0.3 is 12.4 Å². The van der Waals surface area contributed by atoms with Crippen LogP contribution < -0.4 is 0 Å². The van der Waals surface area contributed by atoms with Gasteiger partial charge in [0.05, 0.1) is 22.8 Å². The minimum absolute atomic E-state index is 0.0653. The number of rotatable bonds is 1. The predicted molar refractivity (Wildman–Crippen MR) is 46.5 cm³/mol. The number of carbonyl (C=O) groups is 1. The first-order valence-corrected chi connectivity index (χ1v) is 4.29. The van der Waals surface area contributed by atoms with Crippen molar-refractivity contribution in [1.29, 1.82) is 5.26 Å². The third kappa shape index (κ3) is 2.61. The van der Waals surface area contributed by atoms with Gasteiger partial charge in [0.25, 0.3) is 0 Å². The van der Waals surface area contributed by atoms with Crippen LogP contribution in [0.15, 0.2) is 12.1 Å². The lowest BCUT2D eigenvalue weighted by atomic mass is 9.97. The van der Waals surface area contributed by atoms with Crippen LogP contribution in [-0.2, 0) is 12.4 Å². The number of nitriles is 1. The second kappa shape index (κ2) is 4.33. The van der Waals surface area contributed by atoms with Gasteiger partial charge in [0.15, 0.2) is 6.29 Å². The fourth-order valence-corrected chi connectivity index (χ4v) is 1.36. The molecular weight excluding hydrogens is 264 g/mol. The lowest BCUT2D eigenvalue weighted by molar-refractivity contribution is -0.162. The molecule has 0 N–H and O–H groups in total. The molecular formula is C10H3F6NO. The molecule has 0 radical (unpaired) electrons. The van der Waals surface area contributed by atoms with Crippen molar-refractivity contribution in [2.75, 3.05) is 0 Å². The summed E-state index contributed by atoms with van der Waals surface area (Å²) in [5.41, 5.74) is -6.01. The highest BCUT2D eigenvalue weighted by molar-refractivity contribution is 5.79. The van der Waals surface area contributed by atoms with Crippen LogP contribution in [0.4, 0.5) is 26.3 Å². The van der Waals surface area contributed by atoms with Gasteiger partial charge in [0.1, 0.15) is 0 Å². The first-order valence-electron chi connectivity index (χ1n) is 4.29. The van der Waals surface area contributed by atoms with Crippen molar-refractivity contribution < 1.29 is 31.1 Å². The molecule has 0 spiro atoms. The standard InChI is InChI=1S/C10H3F6NO/c11-9(12,13)7-2-5(3-17)1-6(4-18)8(7)10(14,15)16/h1-2,4H. The van der Waals surface area contributed by atoms with E-state index in [0.717, 1.165) is 0 Å². The Bertz CT molecular complexity index is 523. The monoisotopic (exact) mass is 267 g/mol. The molecule has 18 heavy (non-hydrogen) atoms. The van der Waals surface area contributed by atoms with Crippen molar-refractivity contribution in [1.82, 2.24) is 0 Å². The molecule has 0 aliphatic carbocycles. The molecule has 0 bridgehead atoms. The van der Waals surface area contributed by atoms with Crippen LogP contribution in [0.2, 0.25) is 0 Å². The number of halogens is 6. The number of hydrogen-bond acceptors (Lipinski definition) is 2. The molecule has 0 aliphatic heterocycles.